The second-order valence-corrected chi connectivity index (χ2v) is 5.77. The van der Waals surface area contributed by atoms with Gasteiger partial charge in [-0.05, 0) is 13.8 Å². The molecular formula is C9H13ClN2O3S. The molecule has 5 nitrogen and oxygen atoms in total. The summed E-state index contributed by atoms with van der Waals surface area (Å²) in [7, 11) is -1.08. The van der Waals surface area contributed by atoms with Gasteiger partial charge in [0.25, 0.3) is 5.56 Å². The minimum Gasteiger partial charge on any atom is -0.297 e. The molecule has 0 saturated carbocycles. The normalized spacial score (nSPS) is 14.8. The first-order valence-electron chi connectivity index (χ1n) is 4.66. The van der Waals surface area contributed by atoms with Crippen LogP contribution in [0.3, 0.4) is 0 Å². The molecule has 0 radical (unpaired) electrons. The van der Waals surface area contributed by atoms with Gasteiger partial charge in [-0.1, -0.05) is 11.6 Å². The predicted molar refractivity (Wildman–Crippen MR) is 64.6 cm³/mol. The molecule has 2 atom stereocenters. The second-order valence-electron chi connectivity index (χ2n) is 3.59. The predicted octanol–water partition coefficient (Wildman–Crippen LogP) is 0.265. The molecule has 0 fully saturated rings. The molecule has 0 spiro atoms. The van der Waals surface area contributed by atoms with Gasteiger partial charge in [0, 0.05) is 34.4 Å². The molecule has 16 heavy (non-hydrogen) atoms. The van der Waals surface area contributed by atoms with Crippen LogP contribution in [0.2, 0.25) is 5.15 Å². The van der Waals surface area contributed by atoms with Crippen LogP contribution < -0.4 is 11.2 Å². The Hall–Kier alpha value is -0.880. The SMILES string of the molecule is Cc1c(Cl)[nH]c(=O)n(CC(C)S(C)=O)c1=O. The maximum Gasteiger partial charge on any atom is 0.329 e. The molecule has 90 valence electrons. The Labute approximate surface area is 99.9 Å². The summed E-state index contributed by atoms with van der Waals surface area (Å²) in [6, 6.07) is 0. The van der Waals surface area contributed by atoms with Crippen molar-refractivity contribution < 1.29 is 4.21 Å². The summed E-state index contributed by atoms with van der Waals surface area (Å²) >= 11 is 5.66. The Balaban J connectivity index is 3.26. The molecule has 0 aliphatic heterocycles. The Kier molecular flexibility index (Phi) is 4.09. The number of hydrogen-bond donors (Lipinski definition) is 1. The van der Waals surface area contributed by atoms with Gasteiger partial charge in [-0.15, -0.1) is 0 Å². The summed E-state index contributed by atoms with van der Waals surface area (Å²) < 4.78 is 12.2. The molecule has 1 heterocycles. The highest BCUT2D eigenvalue weighted by atomic mass is 35.5. The maximum absolute atomic E-state index is 11.7. The van der Waals surface area contributed by atoms with E-state index in [2.05, 4.69) is 4.98 Å². The molecule has 0 aliphatic rings. The van der Waals surface area contributed by atoms with E-state index < -0.39 is 22.0 Å². The van der Waals surface area contributed by atoms with Crippen LogP contribution in [0.5, 0.6) is 0 Å². The van der Waals surface area contributed by atoms with E-state index in [1.54, 1.807) is 6.92 Å². The number of nitrogens with one attached hydrogen (secondary N) is 1. The Morgan fingerprint density at radius 3 is 2.56 bits per heavy atom. The summed E-state index contributed by atoms with van der Waals surface area (Å²) in [6.07, 6.45) is 1.53. The highest BCUT2D eigenvalue weighted by Crippen LogP contribution is 2.03. The third-order valence-corrected chi connectivity index (χ3v) is 4.02. The summed E-state index contributed by atoms with van der Waals surface area (Å²) in [5, 5.41) is -0.212. The van der Waals surface area contributed by atoms with Crippen molar-refractivity contribution in [3.8, 4) is 0 Å². The monoisotopic (exact) mass is 264 g/mol. The van der Waals surface area contributed by atoms with Crippen LogP contribution in [0, 0.1) is 6.92 Å². The summed E-state index contributed by atoms with van der Waals surface area (Å²) in [6.45, 7) is 3.37. The molecule has 0 aliphatic carbocycles. The molecule has 1 aromatic heterocycles. The summed E-state index contributed by atoms with van der Waals surface area (Å²) in [4.78, 5) is 25.6. The van der Waals surface area contributed by atoms with Gasteiger partial charge in [0.2, 0.25) is 0 Å². The van der Waals surface area contributed by atoms with Gasteiger partial charge in [0.1, 0.15) is 5.15 Å². The standard InChI is InChI=1S/C9H13ClN2O3S/c1-5(16(3)15)4-12-8(13)6(2)7(10)11-9(12)14/h5H,4H2,1-3H3,(H,11,14). The lowest BCUT2D eigenvalue weighted by Gasteiger charge is -2.10. The minimum atomic E-state index is -1.08. The number of hydrogen-bond acceptors (Lipinski definition) is 3. The van der Waals surface area contributed by atoms with Gasteiger partial charge in [0.05, 0.1) is 0 Å². The van der Waals surface area contributed by atoms with Crippen LogP contribution in [0.4, 0.5) is 0 Å². The van der Waals surface area contributed by atoms with Crippen molar-refractivity contribution in [2.24, 2.45) is 0 Å². The van der Waals surface area contributed by atoms with E-state index in [-0.39, 0.29) is 22.5 Å². The smallest absolute Gasteiger partial charge is 0.297 e. The van der Waals surface area contributed by atoms with Crippen molar-refractivity contribution in [3.05, 3.63) is 31.6 Å². The highest BCUT2D eigenvalue weighted by Gasteiger charge is 2.13. The van der Waals surface area contributed by atoms with Crippen LogP contribution in [0.1, 0.15) is 12.5 Å². The van der Waals surface area contributed by atoms with Crippen LogP contribution in [0.25, 0.3) is 0 Å². The van der Waals surface area contributed by atoms with Gasteiger partial charge < -0.3 is 0 Å². The number of aromatic nitrogens is 2. The van der Waals surface area contributed by atoms with Crippen LogP contribution in [0.15, 0.2) is 9.59 Å². The number of halogens is 1. The van der Waals surface area contributed by atoms with Crippen molar-refractivity contribution >= 4 is 22.4 Å². The van der Waals surface area contributed by atoms with Crippen molar-refractivity contribution in [1.82, 2.24) is 9.55 Å². The first kappa shape index (κ1) is 13.2. The first-order valence-corrected chi connectivity index (χ1v) is 6.66. The zero-order valence-electron chi connectivity index (χ0n) is 9.24. The minimum absolute atomic E-state index is 0.0523. The molecular weight excluding hydrogens is 252 g/mol. The zero-order chi connectivity index (χ0) is 12.5. The van der Waals surface area contributed by atoms with E-state index in [1.807, 2.05) is 0 Å². The lowest BCUT2D eigenvalue weighted by atomic mass is 10.3. The molecule has 2 unspecified atom stereocenters. The van der Waals surface area contributed by atoms with Crippen molar-refractivity contribution in [3.63, 3.8) is 0 Å². The lowest BCUT2D eigenvalue weighted by molar-refractivity contribution is 0.602. The van der Waals surface area contributed by atoms with E-state index >= 15 is 0 Å². The highest BCUT2D eigenvalue weighted by molar-refractivity contribution is 7.84. The van der Waals surface area contributed by atoms with E-state index in [1.165, 1.54) is 13.2 Å². The Bertz CT molecular complexity index is 535. The number of H-pyrrole nitrogens is 1. The van der Waals surface area contributed by atoms with Gasteiger partial charge in [-0.25, -0.2) is 4.79 Å². The number of rotatable bonds is 3. The van der Waals surface area contributed by atoms with E-state index in [9.17, 15) is 13.8 Å². The summed E-state index contributed by atoms with van der Waals surface area (Å²) in [5.41, 5.74) is -0.723. The largest absolute Gasteiger partial charge is 0.329 e. The molecule has 1 rings (SSSR count). The van der Waals surface area contributed by atoms with Crippen molar-refractivity contribution in [2.75, 3.05) is 6.26 Å². The van der Waals surface area contributed by atoms with Crippen molar-refractivity contribution in [1.29, 1.82) is 0 Å². The number of aromatic amines is 1. The van der Waals surface area contributed by atoms with Crippen LogP contribution >= 0.6 is 11.6 Å². The molecule has 0 saturated heterocycles. The second kappa shape index (κ2) is 4.97. The average Bonchev–Trinajstić information content (AvgIpc) is 2.20. The fourth-order valence-electron chi connectivity index (χ4n) is 1.17. The van der Waals surface area contributed by atoms with Gasteiger partial charge in [-0.3, -0.25) is 18.6 Å². The first-order chi connectivity index (χ1) is 7.34. The molecule has 0 bridgehead atoms. The van der Waals surface area contributed by atoms with Crippen LogP contribution in [-0.2, 0) is 17.3 Å². The number of nitrogens with zero attached hydrogens (tertiary/aromatic N) is 1. The molecule has 7 heteroatoms. The lowest BCUT2D eigenvalue weighted by Crippen LogP contribution is -2.39. The summed E-state index contributed by atoms with van der Waals surface area (Å²) in [5.74, 6) is 0. The third-order valence-electron chi connectivity index (χ3n) is 2.36. The maximum atomic E-state index is 11.7. The van der Waals surface area contributed by atoms with E-state index in [0.29, 0.717) is 0 Å². The molecule has 0 amide bonds. The van der Waals surface area contributed by atoms with E-state index in [0.717, 1.165) is 4.57 Å². The fourth-order valence-corrected chi connectivity index (χ4v) is 1.69. The Morgan fingerprint density at radius 2 is 2.06 bits per heavy atom. The average molecular weight is 265 g/mol. The Morgan fingerprint density at radius 1 is 1.50 bits per heavy atom. The third kappa shape index (κ3) is 2.62. The van der Waals surface area contributed by atoms with Crippen molar-refractivity contribution in [2.45, 2.75) is 25.6 Å². The van der Waals surface area contributed by atoms with E-state index in [4.69, 9.17) is 11.6 Å². The molecule has 1 N–H and O–H groups in total. The van der Waals surface area contributed by atoms with Gasteiger partial charge in [-0.2, -0.15) is 0 Å². The van der Waals surface area contributed by atoms with Gasteiger partial charge >= 0.3 is 5.69 Å². The molecule has 1 aromatic rings. The molecule has 0 aromatic carbocycles. The fraction of sp³-hybridized carbons (Fsp3) is 0.556. The zero-order valence-corrected chi connectivity index (χ0v) is 10.8. The van der Waals surface area contributed by atoms with Gasteiger partial charge in [0.15, 0.2) is 0 Å². The quantitative estimate of drug-likeness (QED) is 0.797. The topological polar surface area (TPSA) is 71.9 Å². The van der Waals surface area contributed by atoms with Crippen LogP contribution in [-0.4, -0.2) is 25.3 Å².